The molecule has 2 N–H and O–H groups in total. The minimum Gasteiger partial charge on any atom is -0.478 e. The third kappa shape index (κ3) is 5.15. The maximum absolute atomic E-state index is 12.0. The van der Waals surface area contributed by atoms with E-state index in [2.05, 4.69) is 10.3 Å². The third-order valence-electron chi connectivity index (χ3n) is 2.40. The predicted molar refractivity (Wildman–Crippen MR) is 64.4 cm³/mol. The van der Waals surface area contributed by atoms with Crippen LogP contribution in [0.5, 0.6) is 0 Å². The SMILES string of the molecule is CC(C)c1cc(C(=O)O)cc(NCCC(F)(F)F)n1. The molecule has 0 spiro atoms. The van der Waals surface area contributed by atoms with E-state index in [0.29, 0.717) is 5.69 Å². The van der Waals surface area contributed by atoms with Crippen LogP contribution in [0.25, 0.3) is 0 Å². The van der Waals surface area contributed by atoms with Crippen molar-refractivity contribution in [2.24, 2.45) is 0 Å². The molecule has 0 bridgehead atoms. The lowest BCUT2D eigenvalue weighted by Crippen LogP contribution is -2.16. The zero-order chi connectivity index (χ0) is 14.6. The third-order valence-corrected chi connectivity index (χ3v) is 2.40. The second kappa shape index (κ2) is 5.90. The van der Waals surface area contributed by atoms with Gasteiger partial charge in [-0.3, -0.25) is 0 Å². The van der Waals surface area contributed by atoms with Crippen LogP contribution in [0.1, 0.15) is 42.2 Å². The molecule has 1 aromatic rings. The molecule has 106 valence electrons. The lowest BCUT2D eigenvalue weighted by atomic mass is 10.1. The number of aromatic nitrogens is 1. The van der Waals surface area contributed by atoms with Crippen molar-refractivity contribution in [3.05, 3.63) is 23.4 Å². The molecule has 1 rings (SSSR count). The molecule has 0 radical (unpaired) electrons. The van der Waals surface area contributed by atoms with Crippen molar-refractivity contribution in [1.82, 2.24) is 4.98 Å². The summed E-state index contributed by atoms with van der Waals surface area (Å²) < 4.78 is 36.1. The average Bonchev–Trinajstić information content (AvgIpc) is 2.26. The van der Waals surface area contributed by atoms with Crippen LogP contribution in [0, 0.1) is 0 Å². The van der Waals surface area contributed by atoms with Crippen molar-refractivity contribution in [2.75, 3.05) is 11.9 Å². The van der Waals surface area contributed by atoms with Gasteiger partial charge >= 0.3 is 12.1 Å². The van der Waals surface area contributed by atoms with Crippen LogP contribution < -0.4 is 5.32 Å². The maximum atomic E-state index is 12.0. The number of carboxylic acid groups (broad SMARTS) is 1. The molecule has 7 heteroatoms. The second-order valence-corrected chi connectivity index (χ2v) is 4.42. The first-order valence-electron chi connectivity index (χ1n) is 5.75. The Bertz CT molecular complexity index is 459. The van der Waals surface area contributed by atoms with Gasteiger partial charge in [-0.05, 0) is 18.1 Å². The number of nitrogens with one attached hydrogen (secondary N) is 1. The average molecular weight is 276 g/mol. The van der Waals surface area contributed by atoms with Crippen LogP contribution in [0.15, 0.2) is 12.1 Å². The zero-order valence-electron chi connectivity index (χ0n) is 10.6. The van der Waals surface area contributed by atoms with Gasteiger partial charge < -0.3 is 10.4 Å². The number of nitrogens with zero attached hydrogens (tertiary/aromatic N) is 1. The molecule has 1 aromatic heterocycles. The van der Waals surface area contributed by atoms with Gasteiger partial charge in [-0.25, -0.2) is 9.78 Å². The summed E-state index contributed by atoms with van der Waals surface area (Å²) in [6.45, 7) is 3.32. The summed E-state index contributed by atoms with van der Waals surface area (Å²) in [5.74, 6) is -1.00. The number of hydrogen-bond acceptors (Lipinski definition) is 3. The molecule has 0 atom stereocenters. The van der Waals surface area contributed by atoms with E-state index in [-0.39, 0.29) is 23.8 Å². The van der Waals surface area contributed by atoms with Crippen LogP contribution in [0.3, 0.4) is 0 Å². The highest BCUT2D eigenvalue weighted by Crippen LogP contribution is 2.21. The summed E-state index contributed by atoms with van der Waals surface area (Å²) in [4.78, 5) is 15.0. The maximum Gasteiger partial charge on any atom is 0.390 e. The number of anilines is 1. The Labute approximate surface area is 108 Å². The van der Waals surface area contributed by atoms with Crippen molar-refractivity contribution in [3.63, 3.8) is 0 Å². The minimum absolute atomic E-state index is 0.00760. The molecule has 0 saturated heterocycles. The van der Waals surface area contributed by atoms with E-state index in [0.717, 1.165) is 0 Å². The molecule has 0 fully saturated rings. The Balaban J connectivity index is 2.85. The van der Waals surface area contributed by atoms with Gasteiger partial charge in [-0.2, -0.15) is 13.2 Å². The molecule has 0 unspecified atom stereocenters. The van der Waals surface area contributed by atoms with Gasteiger partial charge in [-0.1, -0.05) is 13.8 Å². The molecule has 0 aliphatic rings. The monoisotopic (exact) mass is 276 g/mol. The van der Waals surface area contributed by atoms with Crippen molar-refractivity contribution in [1.29, 1.82) is 0 Å². The minimum atomic E-state index is -4.25. The van der Waals surface area contributed by atoms with E-state index in [4.69, 9.17) is 5.11 Å². The summed E-state index contributed by atoms with van der Waals surface area (Å²) in [6.07, 6.45) is -5.25. The van der Waals surface area contributed by atoms with Gasteiger partial charge in [0.05, 0.1) is 12.0 Å². The molecule has 19 heavy (non-hydrogen) atoms. The molecule has 0 aliphatic heterocycles. The van der Waals surface area contributed by atoms with Gasteiger partial charge in [0.15, 0.2) is 0 Å². The fraction of sp³-hybridized carbons (Fsp3) is 0.500. The van der Waals surface area contributed by atoms with Crippen molar-refractivity contribution in [2.45, 2.75) is 32.4 Å². The number of alkyl halides is 3. The summed E-state index contributed by atoms with van der Waals surface area (Å²) in [7, 11) is 0. The highest BCUT2D eigenvalue weighted by molar-refractivity contribution is 5.88. The van der Waals surface area contributed by atoms with Gasteiger partial charge in [-0.15, -0.1) is 0 Å². The Kier molecular flexibility index (Phi) is 4.74. The normalized spacial score (nSPS) is 11.7. The molecule has 0 aromatic carbocycles. The summed E-state index contributed by atoms with van der Waals surface area (Å²) in [6, 6.07) is 2.65. The Morgan fingerprint density at radius 1 is 1.42 bits per heavy atom. The van der Waals surface area contributed by atoms with Gasteiger partial charge in [0.2, 0.25) is 0 Å². The number of halogens is 3. The van der Waals surface area contributed by atoms with E-state index in [1.165, 1.54) is 12.1 Å². The topological polar surface area (TPSA) is 62.2 Å². The number of hydrogen-bond donors (Lipinski definition) is 2. The highest BCUT2D eigenvalue weighted by atomic mass is 19.4. The number of carbonyl (C=O) groups is 1. The first kappa shape index (κ1) is 15.3. The van der Waals surface area contributed by atoms with E-state index in [1.807, 2.05) is 13.8 Å². The van der Waals surface area contributed by atoms with E-state index in [1.54, 1.807) is 0 Å². The van der Waals surface area contributed by atoms with Crippen molar-refractivity contribution < 1.29 is 23.1 Å². The molecule has 4 nitrogen and oxygen atoms in total. The Hall–Kier alpha value is -1.79. The van der Waals surface area contributed by atoms with Crippen LogP contribution in [-0.4, -0.2) is 28.8 Å². The molecule has 0 aliphatic carbocycles. The number of aromatic carboxylic acids is 1. The fourth-order valence-electron chi connectivity index (χ4n) is 1.39. The van der Waals surface area contributed by atoms with Gasteiger partial charge in [0.1, 0.15) is 5.82 Å². The van der Waals surface area contributed by atoms with Gasteiger partial charge in [0.25, 0.3) is 0 Å². The molecular weight excluding hydrogens is 261 g/mol. The van der Waals surface area contributed by atoms with Gasteiger partial charge in [0, 0.05) is 12.2 Å². The Morgan fingerprint density at radius 3 is 2.53 bits per heavy atom. The van der Waals surface area contributed by atoms with Crippen molar-refractivity contribution in [3.8, 4) is 0 Å². The van der Waals surface area contributed by atoms with E-state index in [9.17, 15) is 18.0 Å². The van der Waals surface area contributed by atoms with Crippen LogP contribution in [-0.2, 0) is 0 Å². The van der Waals surface area contributed by atoms with Crippen LogP contribution in [0.4, 0.5) is 19.0 Å². The predicted octanol–water partition coefficient (Wildman–Crippen LogP) is 3.27. The number of pyridine rings is 1. The smallest absolute Gasteiger partial charge is 0.390 e. The summed E-state index contributed by atoms with van der Waals surface area (Å²) in [5.41, 5.74) is 0.530. The van der Waals surface area contributed by atoms with Crippen LogP contribution in [0.2, 0.25) is 0 Å². The lowest BCUT2D eigenvalue weighted by Gasteiger charge is -2.12. The lowest BCUT2D eigenvalue weighted by molar-refractivity contribution is -0.131. The number of rotatable bonds is 5. The van der Waals surface area contributed by atoms with E-state index < -0.39 is 18.6 Å². The largest absolute Gasteiger partial charge is 0.478 e. The highest BCUT2D eigenvalue weighted by Gasteiger charge is 2.26. The fourth-order valence-corrected chi connectivity index (χ4v) is 1.39. The summed E-state index contributed by atoms with van der Waals surface area (Å²) in [5, 5.41) is 11.4. The Morgan fingerprint density at radius 2 is 2.05 bits per heavy atom. The first-order chi connectivity index (χ1) is 8.69. The summed E-state index contributed by atoms with van der Waals surface area (Å²) >= 11 is 0. The quantitative estimate of drug-likeness (QED) is 0.866. The number of carboxylic acids is 1. The van der Waals surface area contributed by atoms with Crippen molar-refractivity contribution >= 4 is 11.8 Å². The molecule has 1 heterocycles. The standard InChI is InChI=1S/C12H15F3N2O2/c1-7(2)9-5-8(11(18)19)6-10(17-9)16-4-3-12(13,14)15/h5-7H,3-4H2,1-2H3,(H,16,17)(H,18,19). The molecular formula is C12H15F3N2O2. The molecule has 0 amide bonds. The van der Waals surface area contributed by atoms with E-state index >= 15 is 0 Å². The molecule has 0 saturated carbocycles. The second-order valence-electron chi connectivity index (χ2n) is 4.42. The van der Waals surface area contributed by atoms with Crippen LogP contribution >= 0.6 is 0 Å². The first-order valence-corrected chi connectivity index (χ1v) is 5.75. The zero-order valence-corrected chi connectivity index (χ0v) is 10.6.